The van der Waals surface area contributed by atoms with E-state index in [0.29, 0.717) is 17.1 Å². The maximum absolute atomic E-state index is 12.8. The molecule has 3 heterocycles. The van der Waals surface area contributed by atoms with E-state index < -0.39 is 17.6 Å². The molecule has 8 heteroatoms. The number of imidazole rings is 1. The Hall–Kier alpha value is -3.42. The number of hydrogen-bond acceptors (Lipinski definition) is 3. The van der Waals surface area contributed by atoms with Crippen molar-refractivity contribution in [2.75, 3.05) is 0 Å². The van der Waals surface area contributed by atoms with Crippen molar-refractivity contribution in [1.29, 1.82) is 0 Å². The number of aryl methyl sites for hydroxylation is 1. The fourth-order valence-electron chi connectivity index (χ4n) is 2.99. The van der Waals surface area contributed by atoms with E-state index in [4.69, 9.17) is 0 Å². The number of benzene rings is 1. The predicted molar refractivity (Wildman–Crippen MR) is 92.3 cm³/mol. The SMILES string of the molecule is Cc1nc2ccccn2c1-c1ccnn1C(=O)c1ccc(C(F)(F)F)cc1. The van der Waals surface area contributed by atoms with Crippen molar-refractivity contribution < 1.29 is 18.0 Å². The molecular formula is C19H13F3N4O. The average molecular weight is 370 g/mol. The Morgan fingerprint density at radius 3 is 2.48 bits per heavy atom. The van der Waals surface area contributed by atoms with Crippen LogP contribution >= 0.6 is 0 Å². The van der Waals surface area contributed by atoms with Gasteiger partial charge in [-0.05, 0) is 49.4 Å². The summed E-state index contributed by atoms with van der Waals surface area (Å²) >= 11 is 0. The van der Waals surface area contributed by atoms with Crippen LogP contribution in [0.15, 0.2) is 60.9 Å². The molecule has 0 fully saturated rings. The molecule has 0 bridgehead atoms. The standard InChI is InChI=1S/C19H13F3N4O/c1-12-17(25-11-3-2-4-16(25)24-12)15-9-10-23-26(15)18(27)13-5-7-14(8-6-13)19(20,21)22/h2-11H,1H3. The zero-order valence-corrected chi connectivity index (χ0v) is 14.1. The van der Waals surface area contributed by atoms with E-state index in [1.54, 1.807) is 6.07 Å². The number of hydrogen-bond donors (Lipinski definition) is 0. The average Bonchev–Trinajstić information content (AvgIpc) is 3.23. The second-order valence-electron chi connectivity index (χ2n) is 5.98. The monoisotopic (exact) mass is 370 g/mol. The first-order valence-electron chi connectivity index (χ1n) is 8.06. The van der Waals surface area contributed by atoms with Gasteiger partial charge in [0, 0.05) is 11.8 Å². The number of aromatic nitrogens is 4. The minimum Gasteiger partial charge on any atom is -0.298 e. The first kappa shape index (κ1) is 17.0. The van der Waals surface area contributed by atoms with Gasteiger partial charge in [-0.25, -0.2) is 4.98 Å². The number of carbonyl (C=O) groups excluding carboxylic acids is 1. The van der Waals surface area contributed by atoms with Crippen LogP contribution in [0.5, 0.6) is 0 Å². The lowest BCUT2D eigenvalue weighted by molar-refractivity contribution is -0.137. The molecule has 0 amide bonds. The van der Waals surface area contributed by atoms with Gasteiger partial charge in [0.1, 0.15) is 5.65 Å². The van der Waals surface area contributed by atoms with Crippen molar-refractivity contribution in [2.24, 2.45) is 0 Å². The molecule has 0 saturated carbocycles. The zero-order chi connectivity index (χ0) is 19.2. The number of halogens is 3. The molecule has 0 saturated heterocycles. The summed E-state index contributed by atoms with van der Waals surface area (Å²) in [4.78, 5) is 17.3. The predicted octanol–water partition coefficient (Wildman–Crippen LogP) is 4.21. The van der Waals surface area contributed by atoms with Crippen molar-refractivity contribution in [3.8, 4) is 11.4 Å². The van der Waals surface area contributed by atoms with Crippen LogP contribution in [0.1, 0.15) is 21.6 Å². The van der Waals surface area contributed by atoms with E-state index in [-0.39, 0.29) is 5.56 Å². The minimum atomic E-state index is -4.45. The Balaban J connectivity index is 1.78. The fraction of sp³-hybridized carbons (Fsp3) is 0.105. The van der Waals surface area contributed by atoms with Crippen LogP contribution in [0, 0.1) is 6.92 Å². The van der Waals surface area contributed by atoms with Crippen molar-refractivity contribution >= 4 is 11.6 Å². The van der Waals surface area contributed by atoms with Gasteiger partial charge in [-0.1, -0.05) is 6.07 Å². The molecule has 5 nitrogen and oxygen atoms in total. The highest BCUT2D eigenvalue weighted by Gasteiger charge is 2.30. The molecule has 4 aromatic rings. The molecule has 0 spiro atoms. The van der Waals surface area contributed by atoms with Crippen molar-refractivity contribution in [2.45, 2.75) is 13.1 Å². The number of rotatable bonds is 2. The lowest BCUT2D eigenvalue weighted by Gasteiger charge is -2.09. The van der Waals surface area contributed by atoms with Gasteiger partial charge in [0.25, 0.3) is 5.91 Å². The van der Waals surface area contributed by atoms with Gasteiger partial charge < -0.3 is 0 Å². The lowest BCUT2D eigenvalue weighted by atomic mass is 10.1. The highest BCUT2D eigenvalue weighted by Crippen LogP contribution is 2.30. The third kappa shape index (κ3) is 2.88. The van der Waals surface area contributed by atoms with E-state index in [1.165, 1.54) is 10.9 Å². The molecule has 0 unspecified atom stereocenters. The summed E-state index contributed by atoms with van der Waals surface area (Å²) in [6.07, 6.45) is -1.16. The molecule has 0 aliphatic carbocycles. The van der Waals surface area contributed by atoms with Crippen LogP contribution in [0.4, 0.5) is 13.2 Å². The number of fused-ring (bicyclic) bond motifs is 1. The van der Waals surface area contributed by atoms with Gasteiger partial charge in [0.2, 0.25) is 0 Å². The second kappa shape index (κ2) is 6.08. The zero-order valence-electron chi connectivity index (χ0n) is 14.1. The first-order valence-corrected chi connectivity index (χ1v) is 8.06. The normalized spacial score (nSPS) is 11.9. The van der Waals surface area contributed by atoms with Crippen LogP contribution in [-0.2, 0) is 6.18 Å². The van der Waals surface area contributed by atoms with Crippen molar-refractivity contribution in [3.63, 3.8) is 0 Å². The molecule has 27 heavy (non-hydrogen) atoms. The Morgan fingerprint density at radius 2 is 1.78 bits per heavy atom. The van der Waals surface area contributed by atoms with Gasteiger partial charge in [0.05, 0.1) is 28.8 Å². The quantitative estimate of drug-likeness (QED) is 0.531. The van der Waals surface area contributed by atoms with Gasteiger partial charge in [0.15, 0.2) is 0 Å². The molecule has 0 radical (unpaired) electrons. The minimum absolute atomic E-state index is 0.111. The largest absolute Gasteiger partial charge is 0.416 e. The Bertz CT molecular complexity index is 1140. The van der Waals surface area contributed by atoms with Crippen LogP contribution in [0.2, 0.25) is 0 Å². The smallest absolute Gasteiger partial charge is 0.298 e. The van der Waals surface area contributed by atoms with Crippen LogP contribution in [0.3, 0.4) is 0 Å². The molecular weight excluding hydrogens is 357 g/mol. The van der Waals surface area contributed by atoms with Gasteiger partial charge in [-0.3, -0.25) is 9.20 Å². The molecule has 1 aromatic carbocycles. The summed E-state index contributed by atoms with van der Waals surface area (Å²) in [5, 5.41) is 4.07. The Kier molecular flexibility index (Phi) is 3.83. The van der Waals surface area contributed by atoms with Crippen LogP contribution in [0.25, 0.3) is 17.0 Å². The van der Waals surface area contributed by atoms with Crippen LogP contribution in [-0.4, -0.2) is 25.1 Å². The molecule has 0 aliphatic rings. The summed E-state index contributed by atoms with van der Waals surface area (Å²) in [6.45, 7) is 1.82. The van der Waals surface area contributed by atoms with Gasteiger partial charge >= 0.3 is 6.18 Å². The van der Waals surface area contributed by atoms with Crippen LogP contribution < -0.4 is 0 Å². The third-order valence-electron chi connectivity index (χ3n) is 4.24. The number of pyridine rings is 1. The molecule has 0 N–H and O–H groups in total. The molecule has 0 aliphatic heterocycles. The van der Waals surface area contributed by atoms with Gasteiger partial charge in [-0.2, -0.15) is 23.0 Å². The Labute approximate surface area is 151 Å². The van der Waals surface area contributed by atoms with Gasteiger partial charge in [-0.15, -0.1) is 0 Å². The number of carbonyl (C=O) groups is 1. The van der Waals surface area contributed by atoms with E-state index >= 15 is 0 Å². The Morgan fingerprint density at radius 1 is 1.04 bits per heavy atom. The summed E-state index contributed by atoms with van der Waals surface area (Å²) in [5.74, 6) is -0.519. The summed E-state index contributed by atoms with van der Waals surface area (Å²) in [7, 11) is 0. The summed E-state index contributed by atoms with van der Waals surface area (Å²) in [6, 6.07) is 11.3. The second-order valence-corrected chi connectivity index (χ2v) is 5.98. The maximum atomic E-state index is 12.8. The topological polar surface area (TPSA) is 52.2 Å². The first-order chi connectivity index (χ1) is 12.9. The van der Waals surface area contributed by atoms with E-state index in [9.17, 15) is 18.0 Å². The van der Waals surface area contributed by atoms with E-state index in [2.05, 4.69) is 10.1 Å². The molecule has 0 atom stereocenters. The molecule has 4 rings (SSSR count). The summed E-state index contributed by atoms with van der Waals surface area (Å²) < 4.78 is 41.2. The lowest BCUT2D eigenvalue weighted by Crippen LogP contribution is -2.16. The molecule has 136 valence electrons. The van der Waals surface area contributed by atoms with E-state index in [1.807, 2.05) is 35.7 Å². The van der Waals surface area contributed by atoms with E-state index in [0.717, 1.165) is 29.9 Å². The highest BCUT2D eigenvalue weighted by molar-refractivity contribution is 5.97. The summed E-state index contributed by atoms with van der Waals surface area (Å²) in [5.41, 5.74) is 1.94. The molecule has 3 aromatic heterocycles. The number of alkyl halides is 3. The highest BCUT2D eigenvalue weighted by atomic mass is 19.4. The number of nitrogens with zero attached hydrogens (tertiary/aromatic N) is 4. The fourth-order valence-corrected chi connectivity index (χ4v) is 2.99. The van der Waals surface area contributed by atoms with Crippen molar-refractivity contribution in [1.82, 2.24) is 19.2 Å². The third-order valence-corrected chi connectivity index (χ3v) is 4.24. The maximum Gasteiger partial charge on any atom is 0.416 e. The van der Waals surface area contributed by atoms with Crippen molar-refractivity contribution in [3.05, 3.63) is 77.7 Å².